The molecule has 1 N–H and O–H groups in total. The van der Waals surface area contributed by atoms with Crippen LogP contribution < -0.4 is 0 Å². The van der Waals surface area contributed by atoms with E-state index in [0.29, 0.717) is 36.4 Å². The summed E-state index contributed by atoms with van der Waals surface area (Å²) in [5, 5.41) is 11.2. The molecule has 2 nitrogen and oxygen atoms in total. The number of Topliss-reactive ketones (excluding diaryl/α,β-unsaturated/α-hetero) is 1. The van der Waals surface area contributed by atoms with E-state index in [2.05, 4.69) is 25.7 Å². The molecule has 0 heterocycles. The van der Waals surface area contributed by atoms with Crippen molar-refractivity contribution in [2.75, 3.05) is 0 Å². The first-order chi connectivity index (χ1) is 16.8. The van der Waals surface area contributed by atoms with E-state index in [9.17, 15) is 31.9 Å². The fourth-order valence-electron chi connectivity index (χ4n) is 8.92. The number of fused-ring (bicyclic) bond motifs is 5. The van der Waals surface area contributed by atoms with Crippen molar-refractivity contribution in [3.8, 4) is 11.8 Å². The van der Waals surface area contributed by atoms with Gasteiger partial charge in [0, 0.05) is 5.92 Å². The standard InChI is InChI=1S/C29H33F5O2/c1-15(35)19-6-7-20-17-5-4-16-14-29(36,13-12-27(16,2)21(17)9-10-28(19,20)3)11-8-18-22(30)24(32)26(34)25(33)23(18)31/h16-17,19-21,36H,4-7,9-10,12-14H2,1-3H3/t16-,17+,19-,20+,21+,27+,28-,29-/m1/s1. The van der Waals surface area contributed by atoms with Gasteiger partial charge in [0.05, 0.1) is 0 Å². The predicted octanol–water partition coefficient (Wildman–Crippen LogP) is 6.71. The number of halogens is 5. The van der Waals surface area contributed by atoms with Crippen molar-refractivity contribution in [1.29, 1.82) is 0 Å². The minimum Gasteiger partial charge on any atom is -0.378 e. The average molecular weight is 509 g/mol. The molecule has 36 heavy (non-hydrogen) atoms. The van der Waals surface area contributed by atoms with Crippen LogP contribution in [0.4, 0.5) is 22.0 Å². The maximum absolute atomic E-state index is 14.1. The van der Waals surface area contributed by atoms with Gasteiger partial charge in [0.25, 0.3) is 0 Å². The number of carbonyl (C=O) groups excluding carboxylic acids is 1. The second-order valence-electron chi connectivity index (χ2n) is 12.4. The molecule has 0 radical (unpaired) electrons. The number of rotatable bonds is 1. The number of hydrogen-bond donors (Lipinski definition) is 1. The predicted molar refractivity (Wildman–Crippen MR) is 124 cm³/mol. The summed E-state index contributed by atoms with van der Waals surface area (Å²) in [4.78, 5) is 12.3. The van der Waals surface area contributed by atoms with E-state index < -0.39 is 40.3 Å². The molecule has 4 saturated carbocycles. The van der Waals surface area contributed by atoms with E-state index in [1.165, 1.54) is 0 Å². The molecule has 5 rings (SSSR count). The van der Waals surface area contributed by atoms with Gasteiger partial charge in [-0.3, -0.25) is 4.79 Å². The van der Waals surface area contributed by atoms with E-state index in [1.807, 2.05) is 0 Å². The van der Waals surface area contributed by atoms with Gasteiger partial charge in [-0.25, -0.2) is 22.0 Å². The zero-order chi connectivity index (χ0) is 26.2. The molecule has 196 valence electrons. The minimum atomic E-state index is -2.22. The molecule has 4 fully saturated rings. The Labute approximate surface area is 209 Å². The van der Waals surface area contributed by atoms with Gasteiger partial charge in [-0.15, -0.1) is 0 Å². The van der Waals surface area contributed by atoms with Gasteiger partial charge < -0.3 is 5.11 Å². The highest BCUT2D eigenvalue weighted by Crippen LogP contribution is 2.68. The summed E-state index contributed by atoms with van der Waals surface area (Å²) in [6.07, 6.45) is 7.29. The Kier molecular flexibility index (Phi) is 6.10. The first-order valence-electron chi connectivity index (χ1n) is 13.1. The van der Waals surface area contributed by atoms with Crippen LogP contribution in [0.25, 0.3) is 0 Å². The van der Waals surface area contributed by atoms with Crippen LogP contribution in [0.15, 0.2) is 0 Å². The van der Waals surface area contributed by atoms with Crippen molar-refractivity contribution in [2.45, 2.75) is 84.2 Å². The molecule has 1 aromatic carbocycles. The lowest BCUT2D eigenvalue weighted by atomic mass is 9.44. The number of ketones is 1. The van der Waals surface area contributed by atoms with Crippen LogP contribution in [0.5, 0.6) is 0 Å². The van der Waals surface area contributed by atoms with E-state index >= 15 is 0 Å². The van der Waals surface area contributed by atoms with Crippen molar-refractivity contribution in [3.05, 3.63) is 34.6 Å². The van der Waals surface area contributed by atoms with Gasteiger partial charge in [-0.05, 0) is 99.2 Å². The maximum Gasteiger partial charge on any atom is 0.200 e. The fourth-order valence-corrected chi connectivity index (χ4v) is 8.92. The smallest absolute Gasteiger partial charge is 0.200 e. The van der Waals surface area contributed by atoms with Crippen LogP contribution in [-0.4, -0.2) is 16.5 Å². The zero-order valence-electron chi connectivity index (χ0n) is 21.0. The summed E-state index contributed by atoms with van der Waals surface area (Å²) in [7, 11) is 0. The highest BCUT2D eigenvalue weighted by atomic mass is 19.2. The third-order valence-electron chi connectivity index (χ3n) is 10.8. The summed E-state index contributed by atoms with van der Waals surface area (Å²) in [5.41, 5.74) is -2.71. The van der Waals surface area contributed by atoms with Gasteiger partial charge in [-0.1, -0.05) is 25.7 Å². The van der Waals surface area contributed by atoms with Crippen LogP contribution in [0.2, 0.25) is 0 Å². The largest absolute Gasteiger partial charge is 0.378 e. The molecule has 0 bridgehead atoms. The lowest BCUT2D eigenvalue weighted by Crippen LogP contribution is -2.56. The first-order valence-corrected chi connectivity index (χ1v) is 13.1. The molecule has 8 atom stereocenters. The summed E-state index contributed by atoms with van der Waals surface area (Å²) >= 11 is 0. The molecule has 7 heteroatoms. The molecule has 0 aromatic heterocycles. The molecular formula is C29H33F5O2. The average Bonchev–Trinajstić information content (AvgIpc) is 3.19. The number of carbonyl (C=O) groups is 1. The van der Waals surface area contributed by atoms with Gasteiger partial charge in [-0.2, -0.15) is 0 Å². The highest BCUT2D eigenvalue weighted by Gasteiger charge is 2.61. The monoisotopic (exact) mass is 508 g/mol. The van der Waals surface area contributed by atoms with Gasteiger partial charge in [0.2, 0.25) is 5.82 Å². The fraction of sp³-hybridized carbons (Fsp3) is 0.690. The lowest BCUT2D eigenvalue weighted by Gasteiger charge is -2.61. The first kappa shape index (κ1) is 25.7. The Hall–Kier alpha value is -1.94. The number of aliphatic hydroxyl groups is 1. The quantitative estimate of drug-likeness (QED) is 0.198. The van der Waals surface area contributed by atoms with Crippen molar-refractivity contribution in [3.63, 3.8) is 0 Å². The van der Waals surface area contributed by atoms with Gasteiger partial charge in [0.15, 0.2) is 23.3 Å². The summed E-state index contributed by atoms with van der Waals surface area (Å²) in [5.74, 6) is -3.54. The topological polar surface area (TPSA) is 37.3 Å². The SMILES string of the molecule is CC(=O)[C@H]1CC[C@H]2[C@@H]3CC[C@@H]4C[C@@](O)(C#Cc5c(F)c(F)c(F)c(F)c5F)CC[C@]4(C)[C@H]3CC[C@]12C. The second kappa shape index (κ2) is 8.55. The second-order valence-corrected chi connectivity index (χ2v) is 12.4. The summed E-state index contributed by atoms with van der Waals surface area (Å²) in [6, 6.07) is 0. The van der Waals surface area contributed by atoms with Crippen LogP contribution in [-0.2, 0) is 4.79 Å². The molecule has 4 aliphatic carbocycles. The molecule has 0 saturated heterocycles. The maximum atomic E-state index is 14.1. The zero-order valence-corrected chi connectivity index (χ0v) is 21.0. The molecular weight excluding hydrogens is 475 g/mol. The minimum absolute atomic E-state index is 0.0168. The molecule has 0 amide bonds. The Morgan fingerprint density at radius 1 is 0.806 bits per heavy atom. The van der Waals surface area contributed by atoms with E-state index in [-0.39, 0.29) is 29.1 Å². The Bertz CT molecular complexity index is 1140. The lowest BCUT2D eigenvalue weighted by molar-refractivity contribution is -0.144. The van der Waals surface area contributed by atoms with Gasteiger partial charge >= 0.3 is 0 Å². The third kappa shape index (κ3) is 3.65. The third-order valence-corrected chi connectivity index (χ3v) is 10.8. The Balaban J connectivity index is 1.38. The Morgan fingerprint density at radius 3 is 2.06 bits per heavy atom. The van der Waals surface area contributed by atoms with Crippen molar-refractivity contribution in [1.82, 2.24) is 0 Å². The van der Waals surface area contributed by atoms with Crippen molar-refractivity contribution < 1.29 is 31.9 Å². The summed E-state index contributed by atoms with van der Waals surface area (Å²) < 4.78 is 68.7. The molecule has 0 unspecified atom stereocenters. The molecule has 0 spiro atoms. The van der Waals surface area contributed by atoms with E-state index in [4.69, 9.17) is 0 Å². The summed E-state index contributed by atoms with van der Waals surface area (Å²) in [6.45, 7) is 6.31. The molecule has 0 aliphatic heterocycles. The number of benzene rings is 1. The van der Waals surface area contributed by atoms with E-state index in [0.717, 1.165) is 38.5 Å². The van der Waals surface area contributed by atoms with Crippen LogP contribution >= 0.6 is 0 Å². The van der Waals surface area contributed by atoms with E-state index in [1.54, 1.807) is 6.92 Å². The van der Waals surface area contributed by atoms with Gasteiger partial charge in [0.1, 0.15) is 16.9 Å². The van der Waals surface area contributed by atoms with Crippen molar-refractivity contribution in [2.24, 2.45) is 40.4 Å². The Morgan fingerprint density at radius 2 is 1.42 bits per heavy atom. The van der Waals surface area contributed by atoms with Crippen LogP contribution in [0.3, 0.4) is 0 Å². The number of hydrogen-bond acceptors (Lipinski definition) is 2. The molecule has 1 aromatic rings. The van der Waals surface area contributed by atoms with Crippen LogP contribution in [0.1, 0.15) is 84.1 Å². The normalized spacial score (nSPS) is 41.5. The van der Waals surface area contributed by atoms with Crippen LogP contribution in [0, 0.1) is 81.3 Å². The highest BCUT2D eigenvalue weighted by molar-refractivity contribution is 5.79. The molecule has 4 aliphatic rings. The van der Waals surface area contributed by atoms with Crippen molar-refractivity contribution >= 4 is 5.78 Å².